The summed E-state index contributed by atoms with van der Waals surface area (Å²) in [6.07, 6.45) is 9.78. The minimum Gasteiger partial charge on any atom is -0.375 e. The normalized spacial score (nSPS) is 36.7. The highest BCUT2D eigenvalue weighted by molar-refractivity contribution is 5.04. The largest absolute Gasteiger partial charge is 0.375 e. The Hall–Kier alpha value is -0.620. The predicted octanol–water partition coefficient (Wildman–Crippen LogP) is 0.908. The van der Waals surface area contributed by atoms with E-state index in [-0.39, 0.29) is 5.79 Å². The second kappa shape index (κ2) is 5.30. The van der Waals surface area contributed by atoms with Gasteiger partial charge in [0.25, 0.3) is 0 Å². The van der Waals surface area contributed by atoms with Gasteiger partial charge in [-0.3, -0.25) is 4.90 Å². The summed E-state index contributed by atoms with van der Waals surface area (Å²) in [6.45, 7) is 8.68. The van der Waals surface area contributed by atoms with Gasteiger partial charge in [-0.15, -0.1) is 0 Å². The molecule has 0 aromatic rings. The Morgan fingerprint density at radius 2 is 1.75 bits per heavy atom. The Morgan fingerprint density at radius 1 is 0.900 bits per heavy atom. The molecule has 3 saturated heterocycles. The molecular formula is C15H26N4O. The van der Waals surface area contributed by atoms with Crippen LogP contribution >= 0.6 is 0 Å². The molecule has 4 heterocycles. The molecule has 1 unspecified atom stereocenters. The maximum absolute atomic E-state index is 5.96. The van der Waals surface area contributed by atoms with Crippen molar-refractivity contribution in [1.82, 2.24) is 19.8 Å². The maximum atomic E-state index is 5.96. The van der Waals surface area contributed by atoms with Crippen molar-refractivity contribution in [1.29, 1.82) is 0 Å². The smallest absolute Gasteiger partial charge is 0.188 e. The van der Waals surface area contributed by atoms with Gasteiger partial charge in [-0.2, -0.15) is 5.01 Å². The molecule has 20 heavy (non-hydrogen) atoms. The Morgan fingerprint density at radius 3 is 2.40 bits per heavy atom. The first-order valence-electron chi connectivity index (χ1n) is 8.20. The molecule has 4 aliphatic rings. The van der Waals surface area contributed by atoms with Crippen LogP contribution in [0.3, 0.4) is 0 Å². The summed E-state index contributed by atoms with van der Waals surface area (Å²) in [5.74, 6) is -0.0478. The highest BCUT2D eigenvalue weighted by atomic mass is 16.5. The van der Waals surface area contributed by atoms with Crippen LogP contribution in [-0.2, 0) is 4.74 Å². The molecule has 5 heteroatoms. The van der Waals surface area contributed by atoms with Gasteiger partial charge in [0.15, 0.2) is 5.79 Å². The van der Waals surface area contributed by atoms with Crippen molar-refractivity contribution >= 4 is 0 Å². The van der Waals surface area contributed by atoms with E-state index < -0.39 is 0 Å². The van der Waals surface area contributed by atoms with Crippen LogP contribution in [0.15, 0.2) is 12.3 Å². The van der Waals surface area contributed by atoms with Crippen LogP contribution in [-0.4, -0.2) is 78.1 Å². The van der Waals surface area contributed by atoms with E-state index in [1.807, 2.05) is 0 Å². The average Bonchev–Trinajstić information content (AvgIpc) is 3.11. The highest BCUT2D eigenvalue weighted by Gasteiger charge is 2.53. The fourth-order valence-electron chi connectivity index (χ4n) is 4.05. The van der Waals surface area contributed by atoms with Crippen LogP contribution in [0.4, 0.5) is 0 Å². The van der Waals surface area contributed by atoms with Crippen LogP contribution in [0.5, 0.6) is 0 Å². The predicted molar refractivity (Wildman–Crippen MR) is 77.7 cm³/mol. The Balaban J connectivity index is 1.66. The first kappa shape index (κ1) is 13.1. The standard InChI is InChI=1S/C15H26N4O/c1-2-7-16(6-1)15(17-8-5-9-17)14-20-13-12-19(15)18-10-3-4-11-18/h1,6H,2-5,7-14H2. The molecule has 112 valence electrons. The topological polar surface area (TPSA) is 22.2 Å². The second-order valence-electron chi connectivity index (χ2n) is 6.32. The maximum Gasteiger partial charge on any atom is 0.188 e. The van der Waals surface area contributed by atoms with Gasteiger partial charge in [0.05, 0.1) is 13.2 Å². The SMILES string of the molecule is C1=CN(C2(N3CCC3)COCCN2N2CCCC2)CC1. The minimum absolute atomic E-state index is 0.0478. The summed E-state index contributed by atoms with van der Waals surface area (Å²) in [4.78, 5) is 5.16. The molecule has 3 fully saturated rings. The summed E-state index contributed by atoms with van der Waals surface area (Å²) in [6, 6.07) is 0. The van der Waals surface area contributed by atoms with E-state index >= 15 is 0 Å². The third-order valence-corrected chi connectivity index (χ3v) is 5.22. The van der Waals surface area contributed by atoms with E-state index in [1.165, 1.54) is 51.9 Å². The third-order valence-electron chi connectivity index (χ3n) is 5.22. The van der Waals surface area contributed by atoms with Gasteiger partial charge >= 0.3 is 0 Å². The molecule has 0 spiro atoms. The van der Waals surface area contributed by atoms with Gasteiger partial charge in [-0.25, -0.2) is 5.01 Å². The number of morpholine rings is 1. The Kier molecular flexibility index (Phi) is 3.46. The molecule has 0 aromatic carbocycles. The van der Waals surface area contributed by atoms with Crippen LogP contribution in [0, 0.1) is 0 Å². The molecule has 0 radical (unpaired) electrons. The number of ether oxygens (including phenoxy) is 1. The zero-order valence-electron chi connectivity index (χ0n) is 12.3. The van der Waals surface area contributed by atoms with Gasteiger partial charge < -0.3 is 9.64 Å². The monoisotopic (exact) mass is 278 g/mol. The average molecular weight is 278 g/mol. The number of hydrogen-bond donors (Lipinski definition) is 0. The van der Waals surface area contributed by atoms with Gasteiger partial charge in [0.1, 0.15) is 0 Å². The zero-order chi connectivity index (χ0) is 13.4. The van der Waals surface area contributed by atoms with Gasteiger partial charge in [-0.05, 0) is 31.9 Å². The number of likely N-dealkylation sites (tertiary alicyclic amines) is 1. The number of hydrogen-bond acceptors (Lipinski definition) is 5. The molecule has 5 nitrogen and oxygen atoms in total. The molecule has 4 aliphatic heterocycles. The Bertz CT molecular complexity index is 378. The van der Waals surface area contributed by atoms with E-state index in [9.17, 15) is 0 Å². The summed E-state index contributed by atoms with van der Waals surface area (Å²) in [5.41, 5.74) is 0. The van der Waals surface area contributed by atoms with Crippen LogP contribution in [0.1, 0.15) is 25.7 Å². The second-order valence-corrected chi connectivity index (χ2v) is 6.32. The fraction of sp³-hybridized carbons (Fsp3) is 0.867. The van der Waals surface area contributed by atoms with Gasteiger partial charge in [0.2, 0.25) is 0 Å². The van der Waals surface area contributed by atoms with Crippen molar-refractivity contribution in [2.75, 3.05) is 52.5 Å². The lowest BCUT2D eigenvalue weighted by molar-refractivity contribution is -0.291. The molecule has 1 atom stereocenters. The highest BCUT2D eigenvalue weighted by Crippen LogP contribution is 2.36. The first-order valence-corrected chi connectivity index (χ1v) is 8.20. The van der Waals surface area contributed by atoms with Crippen LogP contribution in [0.25, 0.3) is 0 Å². The lowest BCUT2D eigenvalue weighted by Gasteiger charge is -2.61. The summed E-state index contributed by atoms with van der Waals surface area (Å²) < 4.78 is 5.96. The third kappa shape index (κ3) is 1.91. The van der Waals surface area contributed by atoms with Crippen molar-refractivity contribution in [2.45, 2.75) is 31.5 Å². The zero-order valence-corrected chi connectivity index (χ0v) is 12.3. The van der Waals surface area contributed by atoms with E-state index in [4.69, 9.17) is 4.74 Å². The van der Waals surface area contributed by atoms with Crippen LogP contribution < -0.4 is 0 Å². The number of rotatable bonds is 3. The molecule has 0 bridgehead atoms. The van der Waals surface area contributed by atoms with Gasteiger partial charge in [-0.1, -0.05) is 6.08 Å². The van der Waals surface area contributed by atoms with E-state index in [0.29, 0.717) is 0 Å². The van der Waals surface area contributed by atoms with E-state index in [0.717, 1.165) is 26.3 Å². The number of nitrogens with zero attached hydrogens (tertiary/aromatic N) is 4. The number of hydrazine groups is 1. The van der Waals surface area contributed by atoms with Gasteiger partial charge in [0, 0.05) is 39.3 Å². The lowest BCUT2D eigenvalue weighted by Crippen LogP contribution is -2.78. The fourth-order valence-corrected chi connectivity index (χ4v) is 4.05. The van der Waals surface area contributed by atoms with E-state index in [1.54, 1.807) is 0 Å². The molecule has 0 aromatic heterocycles. The quantitative estimate of drug-likeness (QED) is 0.763. The molecule has 0 aliphatic carbocycles. The minimum atomic E-state index is -0.0478. The molecule has 0 N–H and O–H groups in total. The molecule has 4 rings (SSSR count). The molecule has 0 amide bonds. The van der Waals surface area contributed by atoms with E-state index in [2.05, 4.69) is 32.1 Å². The van der Waals surface area contributed by atoms with Crippen molar-refractivity contribution in [2.24, 2.45) is 0 Å². The summed E-state index contributed by atoms with van der Waals surface area (Å²) in [5, 5.41) is 5.23. The van der Waals surface area contributed by atoms with Crippen molar-refractivity contribution < 1.29 is 4.74 Å². The first-order chi connectivity index (χ1) is 9.91. The van der Waals surface area contributed by atoms with Crippen molar-refractivity contribution in [3.05, 3.63) is 12.3 Å². The lowest BCUT2D eigenvalue weighted by atomic mass is 10.1. The molecular weight excluding hydrogens is 252 g/mol. The Labute approximate surface area is 121 Å². The molecule has 0 saturated carbocycles. The van der Waals surface area contributed by atoms with Crippen molar-refractivity contribution in [3.63, 3.8) is 0 Å². The summed E-state index contributed by atoms with van der Waals surface area (Å²) >= 11 is 0. The van der Waals surface area contributed by atoms with Crippen molar-refractivity contribution in [3.8, 4) is 0 Å². The van der Waals surface area contributed by atoms with Crippen LogP contribution in [0.2, 0.25) is 0 Å². The summed E-state index contributed by atoms with van der Waals surface area (Å²) in [7, 11) is 0.